The van der Waals surface area contributed by atoms with E-state index in [4.69, 9.17) is 0 Å². The lowest BCUT2D eigenvalue weighted by Gasteiger charge is -2.29. The van der Waals surface area contributed by atoms with Gasteiger partial charge in [0.15, 0.2) is 0 Å². The molecule has 1 aliphatic heterocycles. The van der Waals surface area contributed by atoms with E-state index in [1.165, 1.54) is 18.5 Å². The summed E-state index contributed by atoms with van der Waals surface area (Å²) < 4.78 is 71.0. The molecule has 3 heterocycles. The molecule has 1 saturated heterocycles. The van der Waals surface area contributed by atoms with Gasteiger partial charge in [-0.1, -0.05) is 0 Å². The minimum atomic E-state index is -2.79. The minimum absolute atomic E-state index is 0.0763. The summed E-state index contributed by atoms with van der Waals surface area (Å²) in [7, 11) is 0. The molecule has 1 atom stereocenters. The molecule has 2 aliphatic rings. The number of anilines is 1. The van der Waals surface area contributed by atoms with Gasteiger partial charge in [-0.15, -0.1) is 0 Å². The molecule has 2 N–H and O–H groups in total. The second-order valence-electron chi connectivity index (χ2n) is 9.21. The number of aromatic nitrogens is 2. The molecular formula is C26H23F5N4O. The van der Waals surface area contributed by atoms with E-state index < -0.39 is 35.2 Å². The van der Waals surface area contributed by atoms with Gasteiger partial charge in [-0.05, 0) is 56.1 Å². The van der Waals surface area contributed by atoms with Gasteiger partial charge in [-0.2, -0.15) is 0 Å². The number of nitrogens with zero attached hydrogens (tertiary/aromatic N) is 2. The largest absolute Gasteiger partial charge is 0.320 e. The zero-order valence-corrected chi connectivity index (χ0v) is 19.1. The maximum Gasteiger partial charge on any atom is 0.257 e. The number of rotatable bonds is 5. The summed E-state index contributed by atoms with van der Waals surface area (Å²) in [6, 6.07) is 5.19. The van der Waals surface area contributed by atoms with Gasteiger partial charge in [-0.25, -0.2) is 22.0 Å². The highest BCUT2D eigenvalue weighted by Gasteiger charge is 2.37. The van der Waals surface area contributed by atoms with Gasteiger partial charge in [0.2, 0.25) is 5.92 Å². The second-order valence-corrected chi connectivity index (χ2v) is 9.21. The van der Waals surface area contributed by atoms with Crippen LogP contribution in [0, 0.1) is 17.5 Å². The Morgan fingerprint density at radius 2 is 1.69 bits per heavy atom. The Bertz CT molecular complexity index is 1300. The monoisotopic (exact) mass is 502 g/mol. The first-order chi connectivity index (χ1) is 17.2. The first-order valence-corrected chi connectivity index (χ1v) is 11.7. The summed E-state index contributed by atoms with van der Waals surface area (Å²) in [5, 5.41) is 5.71. The third-order valence-corrected chi connectivity index (χ3v) is 6.83. The molecule has 188 valence electrons. The van der Waals surface area contributed by atoms with Crippen molar-refractivity contribution in [2.75, 3.05) is 11.9 Å². The molecule has 0 radical (unpaired) electrons. The molecule has 2 fully saturated rings. The van der Waals surface area contributed by atoms with Crippen molar-refractivity contribution in [1.82, 2.24) is 15.3 Å². The van der Waals surface area contributed by atoms with Crippen LogP contribution < -0.4 is 10.6 Å². The van der Waals surface area contributed by atoms with Crippen LogP contribution in [0.4, 0.5) is 27.6 Å². The molecule has 1 saturated carbocycles. The Morgan fingerprint density at radius 3 is 2.36 bits per heavy atom. The normalized spacial score (nSPS) is 19.5. The van der Waals surface area contributed by atoms with Crippen LogP contribution in [-0.2, 0) is 0 Å². The van der Waals surface area contributed by atoms with Crippen molar-refractivity contribution < 1.29 is 26.7 Å². The van der Waals surface area contributed by atoms with Crippen molar-refractivity contribution in [1.29, 1.82) is 0 Å². The smallest absolute Gasteiger partial charge is 0.257 e. The maximum absolute atomic E-state index is 14.7. The van der Waals surface area contributed by atoms with Crippen LogP contribution in [0.3, 0.4) is 0 Å². The average molecular weight is 502 g/mol. The van der Waals surface area contributed by atoms with Crippen molar-refractivity contribution in [2.24, 2.45) is 0 Å². The molecule has 1 aromatic carbocycles. The van der Waals surface area contributed by atoms with E-state index in [2.05, 4.69) is 20.6 Å². The molecule has 1 amide bonds. The summed E-state index contributed by atoms with van der Waals surface area (Å²) in [6.07, 6.45) is 2.87. The highest BCUT2D eigenvalue weighted by Crippen LogP contribution is 2.44. The fourth-order valence-corrected chi connectivity index (χ4v) is 4.70. The predicted octanol–water partition coefficient (Wildman–Crippen LogP) is 6.14. The van der Waals surface area contributed by atoms with Crippen LogP contribution in [0.15, 0.2) is 42.7 Å². The fourth-order valence-electron chi connectivity index (χ4n) is 4.70. The zero-order valence-electron chi connectivity index (χ0n) is 19.1. The number of pyridine rings is 2. The molecule has 5 rings (SSSR count). The van der Waals surface area contributed by atoms with Gasteiger partial charge >= 0.3 is 0 Å². The minimum Gasteiger partial charge on any atom is -0.320 e. The molecule has 5 nitrogen and oxygen atoms in total. The van der Waals surface area contributed by atoms with Crippen LogP contribution in [-0.4, -0.2) is 28.3 Å². The second kappa shape index (κ2) is 9.57. The number of nitrogens with one attached hydrogen (secondary N) is 2. The van der Waals surface area contributed by atoms with E-state index in [1.54, 1.807) is 0 Å². The molecule has 3 aromatic rings. The molecule has 36 heavy (non-hydrogen) atoms. The first-order valence-electron chi connectivity index (χ1n) is 11.7. The van der Waals surface area contributed by atoms with Gasteiger partial charge in [0, 0.05) is 42.3 Å². The molecule has 0 bridgehead atoms. The van der Waals surface area contributed by atoms with Gasteiger partial charge in [-0.3, -0.25) is 14.8 Å². The summed E-state index contributed by atoms with van der Waals surface area (Å²) in [6.45, 7) is 0.754. The van der Waals surface area contributed by atoms with Crippen molar-refractivity contribution in [3.05, 3.63) is 77.1 Å². The first kappa shape index (κ1) is 24.3. The summed E-state index contributed by atoms with van der Waals surface area (Å²) in [4.78, 5) is 21.6. The van der Waals surface area contributed by atoms with E-state index in [9.17, 15) is 26.7 Å². The number of amides is 1. The van der Waals surface area contributed by atoms with Gasteiger partial charge < -0.3 is 10.6 Å². The van der Waals surface area contributed by atoms with Crippen LogP contribution >= 0.6 is 0 Å². The van der Waals surface area contributed by atoms with Crippen LogP contribution in [0.5, 0.6) is 0 Å². The SMILES string of the molecule is O=C(Nc1c(-c2cc(F)ccc2F)ccnc1C1CCC(F)(F)CC1)c1cnc([C@H]2CCN2)c(F)c1. The number of benzene rings is 1. The molecule has 10 heteroatoms. The van der Waals surface area contributed by atoms with E-state index >= 15 is 0 Å². The number of carbonyl (C=O) groups is 1. The Labute approximate surface area is 204 Å². The number of halogens is 5. The maximum atomic E-state index is 14.7. The third kappa shape index (κ3) is 4.82. The Hall–Kier alpha value is -3.40. The topological polar surface area (TPSA) is 66.9 Å². The molecule has 2 aromatic heterocycles. The van der Waals surface area contributed by atoms with Crippen molar-refractivity contribution >= 4 is 11.6 Å². The zero-order chi connectivity index (χ0) is 25.4. The average Bonchev–Trinajstić information content (AvgIpc) is 2.81. The molecule has 1 aliphatic carbocycles. The quantitative estimate of drug-likeness (QED) is 0.412. The van der Waals surface area contributed by atoms with E-state index in [1.807, 2.05) is 0 Å². The number of hydrogen-bond donors (Lipinski definition) is 2. The van der Waals surface area contributed by atoms with Crippen LogP contribution in [0.25, 0.3) is 11.1 Å². The van der Waals surface area contributed by atoms with Crippen molar-refractivity contribution in [3.63, 3.8) is 0 Å². The number of hydrogen-bond acceptors (Lipinski definition) is 4. The molecular weight excluding hydrogens is 479 g/mol. The van der Waals surface area contributed by atoms with Crippen LogP contribution in [0.2, 0.25) is 0 Å². The Kier molecular flexibility index (Phi) is 6.46. The molecule has 0 unspecified atom stereocenters. The molecule has 0 spiro atoms. The van der Waals surface area contributed by atoms with Crippen LogP contribution in [0.1, 0.15) is 65.8 Å². The van der Waals surface area contributed by atoms with Gasteiger partial charge in [0.25, 0.3) is 5.91 Å². The highest BCUT2D eigenvalue weighted by atomic mass is 19.3. The Balaban J connectivity index is 1.53. The predicted molar refractivity (Wildman–Crippen MR) is 123 cm³/mol. The third-order valence-electron chi connectivity index (χ3n) is 6.83. The van der Waals surface area contributed by atoms with Crippen molar-refractivity contribution in [2.45, 2.75) is 50.0 Å². The lowest BCUT2D eigenvalue weighted by molar-refractivity contribution is -0.0384. The summed E-state index contributed by atoms with van der Waals surface area (Å²) in [5.74, 6) is -6.01. The number of carbonyl (C=O) groups excluding carboxylic acids is 1. The fraction of sp³-hybridized carbons (Fsp3) is 0.346. The lowest BCUT2D eigenvalue weighted by atomic mass is 9.83. The van der Waals surface area contributed by atoms with E-state index in [-0.39, 0.29) is 59.8 Å². The van der Waals surface area contributed by atoms with E-state index in [0.717, 1.165) is 37.2 Å². The standard InChI is InChI=1S/C26H23F5N4O/c27-16-1-2-19(28)18(12-16)17-5-9-33-22(14-3-7-26(30,31)8-4-14)23(17)35-25(36)15-11-20(29)24(34-13-15)21-6-10-32-21/h1-2,5,9,11-14,21,32H,3-4,6-8,10H2,(H,35,36)/t21-/m1/s1. The van der Waals surface area contributed by atoms with Gasteiger partial charge in [0.05, 0.1) is 28.7 Å². The summed E-state index contributed by atoms with van der Waals surface area (Å²) in [5.41, 5.74) is 0.532. The Morgan fingerprint density at radius 1 is 0.944 bits per heavy atom. The highest BCUT2D eigenvalue weighted by molar-refractivity contribution is 6.06. The summed E-state index contributed by atoms with van der Waals surface area (Å²) >= 11 is 0. The van der Waals surface area contributed by atoms with Crippen molar-refractivity contribution in [3.8, 4) is 11.1 Å². The number of alkyl halides is 2. The lowest BCUT2D eigenvalue weighted by Crippen LogP contribution is -2.36. The van der Waals surface area contributed by atoms with Gasteiger partial charge in [0.1, 0.15) is 17.5 Å². The van der Waals surface area contributed by atoms with E-state index in [0.29, 0.717) is 5.69 Å².